The molecule has 1 fully saturated rings. The molecule has 1 amide bonds. The fourth-order valence-electron chi connectivity index (χ4n) is 4.70. The molecule has 2 aliphatic rings. The highest BCUT2D eigenvalue weighted by Gasteiger charge is 2.51. The SMILES string of the molecule is CN1CCN(CN2C(=O)[C@@](O)(CC(=O)c3ccc4ccccc4c3)c3ccccc32)CC1. The van der Waals surface area contributed by atoms with Crippen molar-refractivity contribution in [3.63, 3.8) is 0 Å². The molecular formula is C26H27N3O3. The summed E-state index contributed by atoms with van der Waals surface area (Å²) in [7, 11) is 2.09. The van der Waals surface area contributed by atoms with Crippen LogP contribution in [0.3, 0.4) is 0 Å². The summed E-state index contributed by atoms with van der Waals surface area (Å²) in [5, 5.41) is 13.6. The fraction of sp³-hybridized carbons (Fsp3) is 0.308. The Morgan fingerprint density at radius 2 is 1.62 bits per heavy atom. The number of Topliss-reactive ketones (excluding diaryl/α,β-unsaturated/α-hetero) is 1. The van der Waals surface area contributed by atoms with Crippen LogP contribution in [-0.2, 0) is 10.4 Å². The summed E-state index contributed by atoms with van der Waals surface area (Å²) in [5.41, 5.74) is -0.162. The summed E-state index contributed by atoms with van der Waals surface area (Å²) in [4.78, 5) is 32.8. The molecular weight excluding hydrogens is 402 g/mol. The maximum absolute atomic E-state index is 13.5. The lowest BCUT2D eigenvalue weighted by molar-refractivity contribution is -0.136. The minimum atomic E-state index is -1.86. The molecule has 6 nitrogen and oxygen atoms in total. The summed E-state index contributed by atoms with van der Waals surface area (Å²) in [6.07, 6.45) is -0.277. The van der Waals surface area contributed by atoms with Gasteiger partial charge in [-0.3, -0.25) is 19.4 Å². The molecule has 0 radical (unpaired) electrons. The van der Waals surface area contributed by atoms with E-state index in [-0.39, 0.29) is 12.2 Å². The van der Waals surface area contributed by atoms with Crippen LogP contribution in [0.25, 0.3) is 10.8 Å². The highest BCUT2D eigenvalue weighted by molar-refractivity contribution is 6.11. The molecule has 6 heteroatoms. The van der Waals surface area contributed by atoms with Crippen molar-refractivity contribution in [1.82, 2.24) is 9.80 Å². The van der Waals surface area contributed by atoms with Crippen molar-refractivity contribution in [1.29, 1.82) is 0 Å². The number of anilines is 1. The molecule has 0 aliphatic carbocycles. The quantitative estimate of drug-likeness (QED) is 0.632. The fourth-order valence-corrected chi connectivity index (χ4v) is 4.70. The number of carbonyl (C=O) groups is 2. The molecule has 1 atom stereocenters. The normalized spacial score (nSPS) is 21.8. The zero-order valence-corrected chi connectivity index (χ0v) is 18.2. The van der Waals surface area contributed by atoms with Crippen LogP contribution in [0.4, 0.5) is 5.69 Å². The number of piperazine rings is 1. The van der Waals surface area contributed by atoms with Crippen LogP contribution in [0.2, 0.25) is 0 Å². The van der Waals surface area contributed by atoms with E-state index in [2.05, 4.69) is 16.8 Å². The molecule has 5 rings (SSSR count). The molecule has 1 N–H and O–H groups in total. The standard InChI is InChI=1S/C26H27N3O3/c1-27-12-14-28(15-13-27)18-29-23-9-5-4-8-22(23)26(32,25(29)31)17-24(30)21-11-10-19-6-2-3-7-20(19)16-21/h2-11,16,32H,12-15,17-18H2,1H3/t26-/m1/s1. The van der Waals surface area contributed by atoms with Crippen molar-refractivity contribution in [3.05, 3.63) is 77.9 Å². The number of rotatable bonds is 5. The first-order valence-corrected chi connectivity index (χ1v) is 11.0. The van der Waals surface area contributed by atoms with Gasteiger partial charge < -0.3 is 10.0 Å². The third-order valence-corrected chi connectivity index (χ3v) is 6.66. The minimum absolute atomic E-state index is 0.247. The van der Waals surface area contributed by atoms with Crippen molar-refractivity contribution < 1.29 is 14.7 Å². The van der Waals surface area contributed by atoms with Crippen LogP contribution < -0.4 is 4.90 Å². The number of hydrogen-bond donors (Lipinski definition) is 1. The Bertz CT molecular complexity index is 1190. The molecule has 0 spiro atoms. The monoisotopic (exact) mass is 429 g/mol. The van der Waals surface area contributed by atoms with Crippen molar-refractivity contribution in [3.8, 4) is 0 Å². The van der Waals surface area contributed by atoms with Gasteiger partial charge >= 0.3 is 0 Å². The lowest BCUT2D eigenvalue weighted by atomic mass is 9.88. The average Bonchev–Trinajstić information content (AvgIpc) is 3.02. The summed E-state index contributed by atoms with van der Waals surface area (Å²) in [5.74, 6) is -0.672. The van der Waals surface area contributed by atoms with Crippen LogP contribution in [0.1, 0.15) is 22.3 Å². The van der Waals surface area contributed by atoms with Gasteiger partial charge in [0.1, 0.15) is 0 Å². The molecule has 2 heterocycles. The van der Waals surface area contributed by atoms with Crippen LogP contribution in [0.15, 0.2) is 66.7 Å². The predicted octanol–water partition coefficient (Wildman–Crippen LogP) is 2.85. The van der Waals surface area contributed by atoms with Crippen LogP contribution in [0, 0.1) is 0 Å². The van der Waals surface area contributed by atoms with Crippen molar-refractivity contribution in [2.24, 2.45) is 0 Å². The van der Waals surface area contributed by atoms with E-state index in [0.717, 1.165) is 37.0 Å². The van der Waals surface area contributed by atoms with Crippen LogP contribution >= 0.6 is 0 Å². The predicted molar refractivity (Wildman–Crippen MR) is 125 cm³/mol. The number of nitrogens with zero attached hydrogens (tertiary/aromatic N) is 3. The minimum Gasteiger partial charge on any atom is -0.375 e. The van der Waals surface area contributed by atoms with Crippen LogP contribution in [-0.4, -0.2) is 66.5 Å². The van der Waals surface area contributed by atoms with Gasteiger partial charge in [-0.25, -0.2) is 0 Å². The molecule has 1 saturated heterocycles. The zero-order valence-electron chi connectivity index (χ0n) is 18.2. The van der Waals surface area contributed by atoms with Gasteiger partial charge in [-0.05, 0) is 30.0 Å². The Morgan fingerprint density at radius 3 is 2.41 bits per heavy atom. The summed E-state index contributed by atoms with van der Waals surface area (Å²) >= 11 is 0. The van der Waals surface area contributed by atoms with E-state index in [1.807, 2.05) is 48.5 Å². The summed E-state index contributed by atoms with van der Waals surface area (Å²) in [6.45, 7) is 4.01. The molecule has 3 aromatic rings. The van der Waals surface area contributed by atoms with Gasteiger partial charge in [0.05, 0.1) is 18.8 Å². The van der Waals surface area contributed by atoms with E-state index in [1.54, 1.807) is 23.1 Å². The first-order chi connectivity index (χ1) is 15.5. The Labute approximate surface area is 187 Å². The van der Waals surface area contributed by atoms with Gasteiger partial charge in [0.2, 0.25) is 0 Å². The Hall–Kier alpha value is -3.06. The molecule has 0 bridgehead atoms. The lowest BCUT2D eigenvalue weighted by Gasteiger charge is -2.35. The zero-order chi connectivity index (χ0) is 22.3. The molecule has 0 saturated carbocycles. The first kappa shape index (κ1) is 20.8. The summed E-state index contributed by atoms with van der Waals surface area (Å²) < 4.78 is 0. The van der Waals surface area contributed by atoms with E-state index >= 15 is 0 Å². The number of hydrogen-bond acceptors (Lipinski definition) is 5. The number of fused-ring (bicyclic) bond motifs is 2. The number of benzene rings is 3. The van der Waals surface area contributed by atoms with E-state index in [1.165, 1.54) is 0 Å². The smallest absolute Gasteiger partial charge is 0.265 e. The van der Waals surface area contributed by atoms with Crippen molar-refractivity contribution in [2.45, 2.75) is 12.0 Å². The first-order valence-electron chi connectivity index (χ1n) is 11.0. The average molecular weight is 430 g/mol. The maximum Gasteiger partial charge on any atom is 0.265 e. The topological polar surface area (TPSA) is 64.1 Å². The molecule has 3 aromatic carbocycles. The maximum atomic E-state index is 13.5. The van der Waals surface area contributed by atoms with Gasteiger partial charge in [0, 0.05) is 37.3 Å². The van der Waals surface area contributed by atoms with Gasteiger partial charge in [-0.1, -0.05) is 54.6 Å². The number of likely N-dealkylation sites (N-methyl/N-ethyl adjacent to an activating group) is 1. The number of aliphatic hydroxyl groups is 1. The third kappa shape index (κ3) is 3.60. The number of para-hydroxylation sites is 1. The second kappa shape index (κ2) is 8.13. The van der Waals surface area contributed by atoms with Crippen LogP contribution in [0.5, 0.6) is 0 Å². The van der Waals surface area contributed by atoms with Crippen molar-refractivity contribution >= 4 is 28.2 Å². The number of carbonyl (C=O) groups excluding carboxylic acids is 2. The van der Waals surface area contributed by atoms with E-state index in [9.17, 15) is 14.7 Å². The Kier molecular flexibility index (Phi) is 5.29. The summed E-state index contributed by atoms with van der Waals surface area (Å²) in [6, 6.07) is 20.6. The highest BCUT2D eigenvalue weighted by atomic mass is 16.3. The number of ketones is 1. The van der Waals surface area contributed by atoms with Gasteiger partial charge in [-0.15, -0.1) is 0 Å². The second-order valence-corrected chi connectivity index (χ2v) is 8.84. The molecule has 32 heavy (non-hydrogen) atoms. The number of amides is 1. The van der Waals surface area contributed by atoms with E-state index in [0.29, 0.717) is 23.5 Å². The Balaban J connectivity index is 1.42. The van der Waals surface area contributed by atoms with Gasteiger partial charge in [0.15, 0.2) is 11.4 Å². The van der Waals surface area contributed by atoms with E-state index < -0.39 is 11.5 Å². The highest BCUT2D eigenvalue weighted by Crippen LogP contribution is 2.43. The molecule has 164 valence electrons. The van der Waals surface area contributed by atoms with E-state index in [4.69, 9.17) is 0 Å². The van der Waals surface area contributed by atoms with Crippen molar-refractivity contribution in [2.75, 3.05) is 44.8 Å². The van der Waals surface area contributed by atoms with Gasteiger partial charge in [-0.2, -0.15) is 0 Å². The molecule has 2 aliphatic heterocycles. The second-order valence-electron chi connectivity index (χ2n) is 8.84. The Morgan fingerprint density at radius 1 is 0.938 bits per heavy atom. The van der Waals surface area contributed by atoms with Gasteiger partial charge in [0.25, 0.3) is 5.91 Å². The third-order valence-electron chi connectivity index (χ3n) is 6.66. The molecule has 0 unspecified atom stereocenters. The molecule has 0 aromatic heterocycles. The largest absolute Gasteiger partial charge is 0.375 e. The lowest BCUT2D eigenvalue weighted by Crippen LogP contribution is -2.51.